The highest BCUT2D eigenvalue weighted by Crippen LogP contribution is 2.23. The quantitative estimate of drug-likeness (QED) is 0.208. The van der Waals surface area contributed by atoms with Gasteiger partial charge in [-0.25, -0.2) is 0 Å². The van der Waals surface area contributed by atoms with Crippen LogP contribution in [0.5, 0.6) is 5.75 Å². The Morgan fingerprint density at radius 1 is 0.789 bits per heavy atom. The number of pyridine rings is 1. The fourth-order valence-corrected chi connectivity index (χ4v) is 4.45. The van der Waals surface area contributed by atoms with Crippen molar-refractivity contribution in [3.05, 3.63) is 131 Å². The lowest BCUT2D eigenvalue weighted by Gasteiger charge is -2.24. The van der Waals surface area contributed by atoms with Crippen LogP contribution in [0.4, 0.5) is 0 Å². The molecule has 0 aliphatic rings. The predicted octanol–water partition coefficient (Wildman–Crippen LogP) is 6.14. The van der Waals surface area contributed by atoms with E-state index in [9.17, 15) is 9.90 Å². The molecule has 0 aliphatic heterocycles. The van der Waals surface area contributed by atoms with E-state index in [4.69, 9.17) is 4.74 Å². The molecular formula is C33H36N2O3. The molecule has 3 aromatic carbocycles. The van der Waals surface area contributed by atoms with Crippen molar-refractivity contribution >= 4 is 5.91 Å². The highest BCUT2D eigenvalue weighted by atomic mass is 16.5. The molecule has 0 aliphatic carbocycles. The number of unbranched alkanes of at least 4 members (excludes halogenated alkanes) is 1. The molecule has 0 radical (unpaired) electrons. The first-order valence-electron chi connectivity index (χ1n) is 13.3. The van der Waals surface area contributed by atoms with E-state index >= 15 is 0 Å². The van der Waals surface area contributed by atoms with E-state index in [2.05, 4.69) is 29.2 Å². The van der Waals surface area contributed by atoms with Crippen LogP contribution in [0.1, 0.15) is 47.2 Å². The van der Waals surface area contributed by atoms with Gasteiger partial charge >= 0.3 is 0 Å². The number of aliphatic hydroxyl groups excluding tert-OH is 1. The van der Waals surface area contributed by atoms with Gasteiger partial charge in [-0.3, -0.25) is 9.78 Å². The smallest absolute Gasteiger partial charge is 0.222 e. The molecule has 38 heavy (non-hydrogen) atoms. The second-order valence-corrected chi connectivity index (χ2v) is 9.45. The molecule has 4 aromatic rings. The maximum absolute atomic E-state index is 13.3. The zero-order valence-electron chi connectivity index (χ0n) is 21.8. The van der Waals surface area contributed by atoms with Gasteiger partial charge in [0.05, 0.1) is 6.61 Å². The van der Waals surface area contributed by atoms with Gasteiger partial charge in [0, 0.05) is 43.4 Å². The Labute approximate surface area is 225 Å². The predicted molar refractivity (Wildman–Crippen MR) is 150 cm³/mol. The zero-order valence-corrected chi connectivity index (χ0v) is 21.8. The Hall–Kier alpha value is -3.96. The SMILES string of the molecule is O=C(CCCCc1ccccc1)N(CCc1ccccn1)Cc1ccc(OCc2ccccc2)c(CO)c1. The van der Waals surface area contributed by atoms with Crippen LogP contribution in [-0.4, -0.2) is 27.4 Å². The van der Waals surface area contributed by atoms with Gasteiger partial charge in [0.15, 0.2) is 0 Å². The molecule has 0 bridgehead atoms. The molecule has 5 nitrogen and oxygen atoms in total. The van der Waals surface area contributed by atoms with Gasteiger partial charge in [-0.2, -0.15) is 0 Å². The minimum Gasteiger partial charge on any atom is -0.489 e. The van der Waals surface area contributed by atoms with Crippen molar-refractivity contribution in [2.75, 3.05) is 6.54 Å². The summed E-state index contributed by atoms with van der Waals surface area (Å²) in [5.74, 6) is 0.802. The lowest BCUT2D eigenvalue weighted by molar-refractivity contribution is -0.131. The molecule has 1 heterocycles. The number of nitrogens with zero attached hydrogens (tertiary/aromatic N) is 2. The molecule has 4 rings (SSSR count). The summed E-state index contributed by atoms with van der Waals surface area (Å²) in [5, 5.41) is 10.0. The van der Waals surface area contributed by atoms with Gasteiger partial charge in [0.25, 0.3) is 0 Å². The van der Waals surface area contributed by atoms with Gasteiger partial charge < -0.3 is 14.7 Å². The molecule has 5 heteroatoms. The van der Waals surface area contributed by atoms with E-state index in [1.165, 1.54) is 5.56 Å². The number of hydrogen-bond acceptors (Lipinski definition) is 4. The van der Waals surface area contributed by atoms with Crippen LogP contribution in [0.25, 0.3) is 0 Å². The minimum absolute atomic E-state index is 0.126. The minimum atomic E-state index is -0.126. The van der Waals surface area contributed by atoms with Crippen molar-refractivity contribution in [1.29, 1.82) is 0 Å². The van der Waals surface area contributed by atoms with E-state index < -0.39 is 0 Å². The third-order valence-electron chi connectivity index (χ3n) is 6.57. The second-order valence-electron chi connectivity index (χ2n) is 9.45. The van der Waals surface area contributed by atoms with Gasteiger partial charge in [0.1, 0.15) is 12.4 Å². The summed E-state index contributed by atoms with van der Waals surface area (Å²) in [5.41, 5.74) is 5.03. The molecule has 0 fully saturated rings. The molecule has 196 valence electrons. The largest absolute Gasteiger partial charge is 0.489 e. The van der Waals surface area contributed by atoms with Crippen LogP contribution in [-0.2, 0) is 37.4 Å². The lowest BCUT2D eigenvalue weighted by Crippen LogP contribution is -2.32. The van der Waals surface area contributed by atoms with Gasteiger partial charge in [-0.15, -0.1) is 0 Å². The fourth-order valence-electron chi connectivity index (χ4n) is 4.45. The number of amides is 1. The molecule has 0 spiro atoms. The van der Waals surface area contributed by atoms with Crippen molar-refractivity contribution in [3.63, 3.8) is 0 Å². The average Bonchev–Trinajstić information content (AvgIpc) is 2.98. The number of carbonyl (C=O) groups excluding carboxylic acids is 1. The maximum atomic E-state index is 13.3. The molecule has 0 saturated heterocycles. The van der Waals surface area contributed by atoms with Crippen LogP contribution in [0, 0.1) is 0 Å². The van der Waals surface area contributed by atoms with E-state index in [0.29, 0.717) is 38.3 Å². The Bertz CT molecular complexity index is 1250. The van der Waals surface area contributed by atoms with Gasteiger partial charge in [0.2, 0.25) is 5.91 Å². The topological polar surface area (TPSA) is 62.7 Å². The molecule has 1 aromatic heterocycles. The van der Waals surface area contributed by atoms with E-state index in [-0.39, 0.29) is 12.5 Å². The highest BCUT2D eigenvalue weighted by Gasteiger charge is 2.16. The Kier molecular flexibility index (Phi) is 10.5. The first-order valence-corrected chi connectivity index (χ1v) is 13.3. The molecule has 0 saturated carbocycles. The Balaban J connectivity index is 1.38. The number of aromatic nitrogens is 1. The van der Waals surface area contributed by atoms with E-state index in [1.54, 1.807) is 6.20 Å². The number of rotatable bonds is 14. The third kappa shape index (κ3) is 8.56. The molecule has 1 N–H and O–H groups in total. The Morgan fingerprint density at radius 3 is 2.24 bits per heavy atom. The number of ether oxygens (including phenoxy) is 1. The lowest BCUT2D eigenvalue weighted by atomic mass is 10.1. The average molecular weight is 509 g/mol. The van der Waals surface area contributed by atoms with Crippen molar-refractivity contribution in [3.8, 4) is 5.75 Å². The molecular weight excluding hydrogens is 472 g/mol. The number of hydrogen-bond donors (Lipinski definition) is 1. The maximum Gasteiger partial charge on any atom is 0.222 e. The fraction of sp³-hybridized carbons (Fsp3) is 0.273. The van der Waals surface area contributed by atoms with Crippen molar-refractivity contribution in [2.24, 2.45) is 0 Å². The first-order chi connectivity index (χ1) is 18.7. The highest BCUT2D eigenvalue weighted by molar-refractivity contribution is 5.76. The number of aryl methyl sites for hydroxylation is 1. The van der Waals surface area contributed by atoms with Crippen LogP contribution in [0.15, 0.2) is 103 Å². The standard InChI is InChI=1S/C33H36N2O3/c36-25-30-23-29(18-19-32(30)38-26-28-14-5-2-6-15-28)24-35(22-20-31-16-9-10-21-34-31)33(37)17-8-7-13-27-11-3-1-4-12-27/h1-6,9-12,14-16,18-19,21,23,36H,7-8,13,17,20,22,24-26H2. The summed E-state index contributed by atoms with van der Waals surface area (Å²) >= 11 is 0. The number of carbonyl (C=O) groups is 1. The van der Waals surface area contributed by atoms with Crippen molar-refractivity contribution in [1.82, 2.24) is 9.88 Å². The zero-order chi connectivity index (χ0) is 26.4. The van der Waals surface area contributed by atoms with E-state index in [1.807, 2.05) is 77.7 Å². The third-order valence-corrected chi connectivity index (χ3v) is 6.57. The number of benzene rings is 3. The van der Waals surface area contributed by atoms with Crippen LogP contribution >= 0.6 is 0 Å². The monoisotopic (exact) mass is 508 g/mol. The first kappa shape index (κ1) is 27.1. The van der Waals surface area contributed by atoms with Gasteiger partial charge in [-0.05, 0) is 60.2 Å². The summed E-state index contributed by atoms with van der Waals surface area (Å²) in [4.78, 5) is 19.6. The molecule has 0 unspecified atom stereocenters. The molecule has 0 atom stereocenters. The summed E-state index contributed by atoms with van der Waals surface area (Å²) in [6, 6.07) is 32.0. The van der Waals surface area contributed by atoms with Crippen LogP contribution in [0.2, 0.25) is 0 Å². The normalized spacial score (nSPS) is 10.8. The van der Waals surface area contributed by atoms with Gasteiger partial charge in [-0.1, -0.05) is 72.8 Å². The number of aliphatic hydroxyl groups is 1. The summed E-state index contributed by atoms with van der Waals surface area (Å²) < 4.78 is 5.98. The summed E-state index contributed by atoms with van der Waals surface area (Å²) in [6.07, 6.45) is 5.80. The van der Waals surface area contributed by atoms with Crippen molar-refractivity contribution in [2.45, 2.75) is 51.9 Å². The summed E-state index contributed by atoms with van der Waals surface area (Å²) in [6.45, 7) is 1.38. The summed E-state index contributed by atoms with van der Waals surface area (Å²) in [7, 11) is 0. The van der Waals surface area contributed by atoms with E-state index in [0.717, 1.165) is 41.6 Å². The van der Waals surface area contributed by atoms with Crippen molar-refractivity contribution < 1.29 is 14.6 Å². The second kappa shape index (κ2) is 14.7. The van der Waals surface area contributed by atoms with Crippen LogP contribution in [0.3, 0.4) is 0 Å². The molecule has 1 amide bonds. The Morgan fingerprint density at radius 2 is 1.53 bits per heavy atom. The van der Waals surface area contributed by atoms with Crippen LogP contribution < -0.4 is 4.74 Å².